The number of benzene rings is 1. The summed E-state index contributed by atoms with van der Waals surface area (Å²) in [6.45, 7) is 4.92. The van der Waals surface area contributed by atoms with Crippen molar-refractivity contribution in [3.05, 3.63) is 38.9 Å². The van der Waals surface area contributed by atoms with Crippen molar-refractivity contribution in [2.24, 2.45) is 0 Å². The molecular formula is C14H18ClN3O3. The van der Waals surface area contributed by atoms with Gasteiger partial charge in [0.15, 0.2) is 0 Å². The number of amides is 1. The van der Waals surface area contributed by atoms with E-state index < -0.39 is 4.92 Å². The van der Waals surface area contributed by atoms with Crippen molar-refractivity contribution >= 4 is 23.2 Å². The first-order chi connectivity index (χ1) is 10.0. The zero-order chi connectivity index (χ0) is 15.4. The molecule has 1 N–H and O–H groups in total. The number of rotatable bonds is 4. The molecule has 21 heavy (non-hydrogen) atoms. The number of carbonyl (C=O) groups excluding carboxylic acids is 1. The van der Waals surface area contributed by atoms with E-state index >= 15 is 0 Å². The van der Waals surface area contributed by atoms with Gasteiger partial charge in [0.25, 0.3) is 11.6 Å². The van der Waals surface area contributed by atoms with Crippen molar-refractivity contribution in [2.75, 3.05) is 19.6 Å². The third-order valence-corrected chi connectivity index (χ3v) is 4.01. The molecule has 0 bridgehead atoms. The Morgan fingerprint density at radius 1 is 1.57 bits per heavy atom. The zero-order valence-electron chi connectivity index (χ0n) is 11.8. The maximum Gasteiger partial charge on any atom is 0.288 e. The van der Waals surface area contributed by atoms with Crippen molar-refractivity contribution in [3.63, 3.8) is 0 Å². The number of nitrogens with one attached hydrogen (secondary N) is 1. The van der Waals surface area contributed by atoms with Crippen LogP contribution in [0.4, 0.5) is 5.69 Å². The lowest BCUT2D eigenvalue weighted by Crippen LogP contribution is -2.47. The number of likely N-dealkylation sites (tertiary alicyclic amines) is 1. The van der Waals surface area contributed by atoms with E-state index in [0.717, 1.165) is 32.5 Å². The van der Waals surface area contributed by atoms with Gasteiger partial charge in [0, 0.05) is 24.2 Å². The molecule has 2 rings (SSSR count). The molecule has 1 aliphatic heterocycles. The number of hydrogen-bond donors (Lipinski definition) is 1. The molecule has 1 unspecified atom stereocenters. The molecule has 114 valence electrons. The molecule has 0 aromatic heterocycles. The number of nitrogens with zero attached hydrogens (tertiary/aromatic N) is 2. The van der Waals surface area contributed by atoms with Gasteiger partial charge >= 0.3 is 0 Å². The number of halogens is 1. The fraction of sp³-hybridized carbons (Fsp3) is 0.500. The molecule has 0 aliphatic carbocycles. The van der Waals surface area contributed by atoms with E-state index in [4.69, 9.17) is 11.6 Å². The predicted molar refractivity (Wildman–Crippen MR) is 80.7 cm³/mol. The minimum Gasteiger partial charge on any atom is -0.348 e. The normalized spacial score (nSPS) is 19.2. The van der Waals surface area contributed by atoms with Crippen LogP contribution in [0.15, 0.2) is 18.2 Å². The molecule has 7 heteroatoms. The van der Waals surface area contributed by atoms with E-state index in [1.165, 1.54) is 18.2 Å². The first-order valence-corrected chi connectivity index (χ1v) is 7.36. The summed E-state index contributed by atoms with van der Waals surface area (Å²) in [5.74, 6) is -0.294. The van der Waals surface area contributed by atoms with Crippen LogP contribution in [0.5, 0.6) is 0 Å². The summed E-state index contributed by atoms with van der Waals surface area (Å²) < 4.78 is 0. The van der Waals surface area contributed by atoms with E-state index in [1.807, 2.05) is 0 Å². The summed E-state index contributed by atoms with van der Waals surface area (Å²) >= 11 is 5.75. The number of nitro groups is 1. The Kier molecular flexibility index (Phi) is 5.14. The van der Waals surface area contributed by atoms with Crippen molar-refractivity contribution in [1.82, 2.24) is 10.2 Å². The second kappa shape index (κ2) is 6.87. The second-order valence-electron chi connectivity index (χ2n) is 5.13. The van der Waals surface area contributed by atoms with Crippen LogP contribution in [0.3, 0.4) is 0 Å². The van der Waals surface area contributed by atoms with Crippen LogP contribution in [0.2, 0.25) is 5.02 Å². The number of piperidine rings is 1. The minimum absolute atomic E-state index is 0.0337. The van der Waals surface area contributed by atoms with Crippen LogP contribution in [-0.4, -0.2) is 41.4 Å². The van der Waals surface area contributed by atoms with E-state index in [2.05, 4.69) is 17.1 Å². The van der Waals surface area contributed by atoms with Crippen molar-refractivity contribution in [3.8, 4) is 0 Å². The third-order valence-electron chi connectivity index (χ3n) is 3.69. The molecule has 1 aromatic carbocycles. The Hall–Kier alpha value is -1.66. The highest BCUT2D eigenvalue weighted by molar-refractivity contribution is 6.32. The Balaban J connectivity index is 2.06. The fourth-order valence-electron chi connectivity index (χ4n) is 2.52. The second-order valence-corrected chi connectivity index (χ2v) is 5.54. The Morgan fingerprint density at radius 2 is 2.33 bits per heavy atom. The molecule has 0 spiro atoms. The molecule has 0 radical (unpaired) electrons. The first-order valence-electron chi connectivity index (χ1n) is 6.98. The molecule has 1 aliphatic rings. The van der Waals surface area contributed by atoms with Gasteiger partial charge < -0.3 is 10.2 Å². The monoisotopic (exact) mass is 311 g/mol. The lowest BCUT2D eigenvalue weighted by Gasteiger charge is -2.32. The van der Waals surface area contributed by atoms with Crippen LogP contribution in [0.1, 0.15) is 30.1 Å². The van der Waals surface area contributed by atoms with Crippen LogP contribution in [0.25, 0.3) is 0 Å². The van der Waals surface area contributed by atoms with Gasteiger partial charge in [0.1, 0.15) is 5.02 Å². The molecule has 1 fully saturated rings. The largest absolute Gasteiger partial charge is 0.348 e. The summed E-state index contributed by atoms with van der Waals surface area (Å²) in [6.07, 6.45) is 1.97. The molecule has 1 saturated heterocycles. The molecule has 1 amide bonds. The molecule has 1 heterocycles. The van der Waals surface area contributed by atoms with Gasteiger partial charge in [-0.15, -0.1) is 0 Å². The Bertz CT molecular complexity index is 550. The SMILES string of the molecule is CCN1CCCC(NC(=O)c2ccc(Cl)c([N+](=O)[O-])c2)C1. The van der Waals surface area contributed by atoms with Gasteiger partial charge in [-0.3, -0.25) is 14.9 Å². The average molecular weight is 312 g/mol. The standard InChI is InChI=1S/C14H18ClN3O3/c1-2-17-7-3-4-11(9-17)16-14(19)10-5-6-12(15)13(8-10)18(20)21/h5-6,8,11H,2-4,7,9H2,1H3,(H,16,19). The van der Waals surface area contributed by atoms with Crippen LogP contribution < -0.4 is 5.32 Å². The molecular weight excluding hydrogens is 294 g/mol. The van der Waals surface area contributed by atoms with Gasteiger partial charge in [-0.25, -0.2) is 0 Å². The van der Waals surface area contributed by atoms with Gasteiger partial charge in [-0.1, -0.05) is 18.5 Å². The third kappa shape index (κ3) is 3.92. The Morgan fingerprint density at radius 3 is 3.00 bits per heavy atom. The first kappa shape index (κ1) is 15.7. The fourth-order valence-corrected chi connectivity index (χ4v) is 2.71. The lowest BCUT2D eigenvalue weighted by atomic mass is 10.0. The highest BCUT2D eigenvalue weighted by Crippen LogP contribution is 2.25. The maximum atomic E-state index is 12.2. The van der Waals surface area contributed by atoms with Crippen molar-refractivity contribution in [1.29, 1.82) is 0 Å². The quantitative estimate of drug-likeness (QED) is 0.684. The number of likely N-dealkylation sites (N-methyl/N-ethyl adjacent to an activating group) is 1. The average Bonchev–Trinajstić information content (AvgIpc) is 2.47. The van der Waals surface area contributed by atoms with Crippen molar-refractivity contribution in [2.45, 2.75) is 25.8 Å². The van der Waals surface area contributed by atoms with Gasteiger partial charge in [0.2, 0.25) is 0 Å². The van der Waals surface area contributed by atoms with E-state index in [-0.39, 0.29) is 28.2 Å². The smallest absolute Gasteiger partial charge is 0.288 e. The summed E-state index contributed by atoms with van der Waals surface area (Å²) in [4.78, 5) is 24.7. The topological polar surface area (TPSA) is 75.5 Å². The van der Waals surface area contributed by atoms with Crippen LogP contribution in [0, 0.1) is 10.1 Å². The van der Waals surface area contributed by atoms with Crippen molar-refractivity contribution < 1.29 is 9.72 Å². The van der Waals surface area contributed by atoms with Gasteiger partial charge in [0.05, 0.1) is 4.92 Å². The summed E-state index contributed by atoms with van der Waals surface area (Å²) in [6, 6.07) is 4.19. The molecule has 6 nitrogen and oxygen atoms in total. The minimum atomic E-state index is -0.585. The number of nitro benzene ring substituents is 1. The maximum absolute atomic E-state index is 12.2. The highest BCUT2D eigenvalue weighted by atomic mass is 35.5. The van der Waals surface area contributed by atoms with Crippen LogP contribution in [-0.2, 0) is 0 Å². The van der Waals surface area contributed by atoms with E-state index in [9.17, 15) is 14.9 Å². The highest BCUT2D eigenvalue weighted by Gasteiger charge is 2.22. The van der Waals surface area contributed by atoms with E-state index in [1.54, 1.807) is 0 Å². The summed E-state index contributed by atoms with van der Waals surface area (Å²) in [5, 5.41) is 13.8. The molecule has 1 aromatic rings. The number of carbonyl (C=O) groups is 1. The van der Waals surface area contributed by atoms with Crippen LogP contribution >= 0.6 is 11.6 Å². The summed E-state index contributed by atoms with van der Waals surface area (Å²) in [5.41, 5.74) is 0.0165. The van der Waals surface area contributed by atoms with E-state index in [0.29, 0.717) is 0 Å². The zero-order valence-corrected chi connectivity index (χ0v) is 12.6. The summed E-state index contributed by atoms with van der Waals surface area (Å²) in [7, 11) is 0. The molecule has 1 atom stereocenters. The molecule has 0 saturated carbocycles. The Labute approximate surface area is 128 Å². The van der Waals surface area contributed by atoms with Gasteiger partial charge in [-0.2, -0.15) is 0 Å². The van der Waals surface area contributed by atoms with Gasteiger partial charge in [-0.05, 0) is 38.1 Å². The lowest BCUT2D eigenvalue weighted by molar-refractivity contribution is -0.384. The number of hydrogen-bond acceptors (Lipinski definition) is 4. The predicted octanol–water partition coefficient (Wildman–Crippen LogP) is 2.46.